The molecule has 1 aromatic carbocycles. The van der Waals surface area contributed by atoms with Crippen molar-refractivity contribution in [1.29, 1.82) is 0 Å². The monoisotopic (exact) mass is 394 g/mol. The van der Waals surface area contributed by atoms with Gasteiger partial charge in [-0.25, -0.2) is 18.4 Å². The van der Waals surface area contributed by atoms with Crippen LogP contribution in [0.15, 0.2) is 29.2 Å². The third kappa shape index (κ3) is 5.92. The Morgan fingerprint density at radius 1 is 1.04 bits per heavy atom. The molecule has 150 valence electrons. The van der Waals surface area contributed by atoms with Crippen LogP contribution in [0.25, 0.3) is 0 Å². The van der Waals surface area contributed by atoms with Gasteiger partial charge < -0.3 is 10.2 Å². The molecule has 1 saturated carbocycles. The average Bonchev–Trinajstić information content (AvgIpc) is 2.67. The maximum Gasteiger partial charge on any atom is 0.317 e. The van der Waals surface area contributed by atoms with Gasteiger partial charge >= 0.3 is 6.03 Å². The summed E-state index contributed by atoms with van der Waals surface area (Å²) in [7, 11) is -3.63. The van der Waals surface area contributed by atoms with E-state index in [-0.39, 0.29) is 10.9 Å². The van der Waals surface area contributed by atoms with Gasteiger partial charge in [0.15, 0.2) is 0 Å². The molecule has 27 heavy (non-hydrogen) atoms. The molecule has 1 heterocycles. The van der Waals surface area contributed by atoms with E-state index >= 15 is 0 Å². The molecule has 0 aromatic heterocycles. The molecule has 7 nitrogen and oxygen atoms in total. The number of benzene rings is 1. The lowest BCUT2D eigenvalue weighted by atomic mass is 9.96. The van der Waals surface area contributed by atoms with Crippen LogP contribution in [-0.2, 0) is 16.4 Å². The van der Waals surface area contributed by atoms with E-state index < -0.39 is 10.0 Å². The second-order valence-corrected chi connectivity index (χ2v) is 9.11. The number of piperazine rings is 1. The molecule has 3 N–H and O–H groups in total. The number of rotatable bonds is 5. The largest absolute Gasteiger partial charge is 0.335 e. The molecule has 2 amide bonds. The number of nitrogens with one attached hydrogen (secondary N) is 1. The number of amides is 2. The smallest absolute Gasteiger partial charge is 0.317 e. The number of carbonyl (C=O) groups excluding carboxylic acids is 1. The Kier molecular flexibility index (Phi) is 6.73. The molecule has 1 aliphatic carbocycles. The first-order chi connectivity index (χ1) is 12.9. The Labute approximate surface area is 161 Å². The predicted molar refractivity (Wildman–Crippen MR) is 105 cm³/mol. The first kappa shape index (κ1) is 20.1. The lowest BCUT2D eigenvalue weighted by molar-refractivity contribution is 0.136. The SMILES string of the molecule is NS(=O)(=O)c1ccc(CCN2CCN(C(=O)NC3CCCCC3)CC2)cc1. The number of sulfonamides is 1. The van der Waals surface area contributed by atoms with Crippen LogP contribution in [0.5, 0.6) is 0 Å². The molecular formula is C19H30N4O3S. The summed E-state index contributed by atoms with van der Waals surface area (Å²) in [4.78, 5) is 16.8. The summed E-state index contributed by atoms with van der Waals surface area (Å²) in [5.41, 5.74) is 1.08. The van der Waals surface area contributed by atoms with E-state index in [1.807, 2.05) is 17.0 Å². The first-order valence-electron chi connectivity index (χ1n) is 9.81. The number of hydrogen-bond donors (Lipinski definition) is 2. The molecule has 0 radical (unpaired) electrons. The Hall–Kier alpha value is -1.64. The summed E-state index contributed by atoms with van der Waals surface area (Å²) < 4.78 is 22.6. The second-order valence-electron chi connectivity index (χ2n) is 7.55. The van der Waals surface area contributed by atoms with E-state index in [9.17, 15) is 13.2 Å². The van der Waals surface area contributed by atoms with E-state index in [0.717, 1.165) is 57.5 Å². The summed E-state index contributed by atoms with van der Waals surface area (Å²) >= 11 is 0. The maximum absolute atomic E-state index is 12.4. The van der Waals surface area contributed by atoms with Crippen LogP contribution < -0.4 is 10.5 Å². The van der Waals surface area contributed by atoms with Gasteiger partial charge in [0.25, 0.3) is 0 Å². The Bertz CT molecular complexity index is 722. The fourth-order valence-electron chi connectivity index (χ4n) is 3.82. The minimum absolute atomic E-state index is 0.0835. The van der Waals surface area contributed by atoms with Gasteiger partial charge in [-0.05, 0) is 37.0 Å². The topological polar surface area (TPSA) is 95.7 Å². The molecule has 1 aromatic rings. The number of hydrogen-bond acceptors (Lipinski definition) is 4. The molecule has 2 fully saturated rings. The zero-order chi connectivity index (χ0) is 19.3. The number of carbonyl (C=O) groups is 1. The van der Waals surface area contributed by atoms with Crippen LogP contribution in [0, 0.1) is 0 Å². The van der Waals surface area contributed by atoms with Crippen molar-refractivity contribution >= 4 is 16.1 Å². The van der Waals surface area contributed by atoms with Gasteiger partial charge in [-0.1, -0.05) is 31.4 Å². The lowest BCUT2D eigenvalue weighted by Crippen LogP contribution is -2.53. The Morgan fingerprint density at radius 3 is 2.26 bits per heavy atom. The molecule has 1 saturated heterocycles. The molecular weight excluding hydrogens is 364 g/mol. The molecule has 8 heteroatoms. The van der Waals surface area contributed by atoms with Gasteiger partial charge in [-0.15, -0.1) is 0 Å². The zero-order valence-corrected chi connectivity index (χ0v) is 16.6. The van der Waals surface area contributed by atoms with Crippen molar-refractivity contribution < 1.29 is 13.2 Å². The van der Waals surface area contributed by atoms with Gasteiger partial charge in [0.1, 0.15) is 0 Å². The number of nitrogens with zero attached hydrogens (tertiary/aromatic N) is 2. The van der Waals surface area contributed by atoms with Crippen LogP contribution in [0.2, 0.25) is 0 Å². The highest BCUT2D eigenvalue weighted by atomic mass is 32.2. The maximum atomic E-state index is 12.4. The molecule has 0 bridgehead atoms. The number of urea groups is 1. The van der Waals surface area contributed by atoms with Crippen LogP contribution in [0.3, 0.4) is 0 Å². The highest BCUT2D eigenvalue weighted by Crippen LogP contribution is 2.18. The van der Waals surface area contributed by atoms with Crippen molar-refractivity contribution in [2.75, 3.05) is 32.7 Å². The summed E-state index contributed by atoms with van der Waals surface area (Å²) in [5.74, 6) is 0. The molecule has 1 aliphatic heterocycles. The average molecular weight is 395 g/mol. The summed E-state index contributed by atoms with van der Waals surface area (Å²) in [6.45, 7) is 4.14. The molecule has 2 aliphatic rings. The van der Waals surface area contributed by atoms with Gasteiger partial charge in [-0.3, -0.25) is 4.90 Å². The third-order valence-electron chi connectivity index (χ3n) is 5.56. The zero-order valence-electron chi connectivity index (χ0n) is 15.8. The normalized spacial score (nSPS) is 19.8. The van der Waals surface area contributed by atoms with E-state index in [0.29, 0.717) is 6.04 Å². The Morgan fingerprint density at radius 2 is 1.67 bits per heavy atom. The number of nitrogens with two attached hydrogens (primary N) is 1. The third-order valence-corrected chi connectivity index (χ3v) is 6.49. The van der Waals surface area contributed by atoms with Crippen molar-refractivity contribution in [3.63, 3.8) is 0 Å². The van der Waals surface area contributed by atoms with Crippen molar-refractivity contribution in [3.8, 4) is 0 Å². The van der Waals surface area contributed by atoms with Gasteiger partial charge in [-0.2, -0.15) is 0 Å². The van der Waals surface area contributed by atoms with E-state index in [1.165, 1.54) is 19.3 Å². The van der Waals surface area contributed by atoms with Gasteiger partial charge in [0.2, 0.25) is 10.0 Å². The summed E-state index contributed by atoms with van der Waals surface area (Å²) in [6, 6.07) is 7.17. The minimum atomic E-state index is -3.63. The lowest BCUT2D eigenvalue weighted by Gasteiger charge is -2.36. The number of primary sulfonamides is 1. The van der Waals surface area contributed by atoms with Crippen molar-refractivity contribution in [2.45, 2.75) is 49.5 Å². The van der Waals surface area contributed by atoms with Crippen LogP contribution in [-0.4, -0.2) is 63.0 Å². The minimum Gasteiger partial charge on any atom is -0.335 e. The quantitative estimate of drug-likeness (QED) is 0.792. The van der Waals surface area contributed by atoms with Crippen molar-refractivity contribution in [1.82, 2.24) is 15.1 Å². The van der Waals surface area contributed by atoms with Crippen LogP contribution in [0.4, 0.5) is 4.79 Å². The van der Waals surface area contributed by atoms with Crippen LogP contribution in [0.1, 0.15) is 37.7 Å². The highest BCUT2D eigenvalue weighted by molar-refractivity contribution is 7.89. The van der Waals surface area contributed by atoms with Crippen molar-refractivity contribution in [2.24, 2.45) is 5.14 Å². The predicted octanol–water partition coefficient (Wildman–Crippen LogP) is 1.54. The molecule has 3 rings (SSSR count). The van der Waals surface area contributed by atoms with Gasteiger partial charge in [0.05, 0.1) is 4.90 Å². The van der Waals surface area contributed by atoms with E-state index in [4.69, 9.17) is 5.14 Å². The second kappa shape index (κ2) is 9.03. The molecule has 0 atom stereocenters. The fourth-order valence-corrected chi connectivity index (χ4v) is 4.34. The van der Waals surface area contributed by atoms with Crippen molar-refractivity contribution in [3.05, 3.63) is 29.8 Å². The highest BCUT2D eigenvalue weighted by Gasteiger charge is 2.23. The molecule has 0 spiro atoms. The first-order valence-corrected chi connectivity index (χ1v) is 11.4. The standard InChI is InChI=1S/C19H30N4O3S/c20-27(25,26)18-8-6-16(7-9-18)10-11-22-12-14-23(15-13-22)19(24)21-17-4-2-1-3-5-17/h6-9,17H,1-5,10-15H2,(H,21,24)(H2,20,25,26). The van der Waals surface area contributed by atoms with E-state index in [2.05, 4.69) is 10.2 Å². The Balaban J connectivity index is 1.39. The summed E-state index contributed by atoms with van der Waals surface area (Å²) in [5, 5.41) is 8.31. The molecule has 0 unspecified atom stereocenters. The van der Waals surface area contributed by atoms with Gasteiger partial charge in [0, 0.05) is 38.8 Å². The summed E-state index contributed by atoms with van der Waals surface area (Å²) in [6.07, 6.45) is 6.79. The van der Waals surface area contributed by atoms with E-state index in [1.54, 1.807) is 12.1 Å². The fraction of sp³-hybridized carbons (Fsp3) is 0.632. The van der Waals surface area contributed by atoms with Crippen LogP contribution >= 0.6 is 0 Å².